The molecule has 1 aliphatic rings. The van der Waals surface area contributed by atoms with Crippen LogP contribution in [0.25, 0.3) is 0 Å². The molecule has 1 aliphatic carbocycles. The van der Waals surface area contributed by atoms with Gasteiger partial charge in [0.05, 0.1) is 5.92 Å². The molecule has 0 saturated heterocycles. The predicted molar refractivity (Wildman–Crippen MR) is 85.2 cm³/mol. The summed E-state index contributed by atoms with van der Waals surface area (Å²) in [6.45, 7) is 4.09. The minimum absolute atomic E-state index is 0.420. The quantitative estimate of drug-likeness (QED) is 0.855. The average molecular weight is 292 g/mol. The van der Waals surface area contributed by atoms with Gasteiger partial charge in [0.15, 0.2) is 0 Å². The van der Waals surface area contributed by atoms with Gasteiger partial charge in [-0.25, -0.2) is 0 Å². The molecule has 1 saturated carbocycles. The number of carbonyl (C=O) groups is 1. The maximum absolute atomic E-state index is 10.9. The third-order valence-corrected chi connectivity index (χ3v) is 5.62. The van der Waals surface area contributed by atoms with Crippen molar-refractivity contribution in [2.45, 2.75) is 56.5 Å². The second-order valence-corrected chi connectivity index (χ2v) is 7.29. The number of hydrogen-bond acceptors (Lipinski definition) is 2. The van der Waals surface area contributed by atoms with Crippen LogP contribution in [0.3, 0.4) is 0 Å². The Kier molecular flexibility index (Phi) is 5.53. The van der Waals surface area contributed by atoms with Gasteiger partial charge in [0.1, 0.15) is 0 Å². The lowest BCUT2D eigenvalue weighted by Gasteiger charge is -2.26. The fourth-order valence-corrected chi connectivity index (χ4v) is 4.21. The Morgan fingerprint density at radius 2 is 2.05 bits per heavy atom. The van der Waals surface area contributed by atoms with E-state index >= 15 is 0 Å². The topological polar surface area (TPSA) is 37.3 Å². The SMILES string of the molecule is CC1CCCC(SCc2ccc(C(C)C(=O)O)cc2)C1. The molecule has 0 bridgehead atoms. The van der Waals surface area contributed by atoms with Crippen molar-refractivity contribution in [3.8, 4) is 0 Å². The lowest BCUT2D eigenvalue weighted by atomic mass is 9.91. The lowest BCUT2D eigenvalue weighted by Crippen LogP contribution is -2.15. The van der Waals surface area contributed by atoms with E-state index in [9.17, 15) is 4.79 Å². The number of aliphatic carboxylic acids is 1. The summed E-state index contributed by atoms with van der Waals surface area (Å²) in [7, 11) is 0. The van der Waals surface area contributed by atoms with E-state index in [2.05, 4.69) is 30.8 Å². The standard InChI is InChI=1S/C17H24O2S/c1-12-4-3-5-16(10-12)20-11-14-6-8-15(9-7-14)13(2)17(18)19/h6-9,12-13,16H,3-5,10-11H2,1-2H3,(H,18,19). The van der Waals surface area contributed by atoms with Crippen molar-refractivity contribution >= 4 is 17.7 Å². The molecule has 3 atom stereocenters. The van der Waals surface area contributed by atoms with Gasteiger partial charge in [0.2, 0.25) is 0 Å². The molecule has 2 nitrogen and oxygen atoms in total. The summed E-state index contributed by atoms with van der Waals surface area (Å²) < 4.78 is 0. The van der Waals surface area contributed by atoms with Gasteiger partial charge in [-0.15, -0.1) is 0 Å². The maximum atomic E-state index is 10.9. The zero-order valence-corrected chi connectivity index (χ0v) is 13.2. The van der Waals surface area contributed by atoms with Crippen molar-refractivity contribution in [2.75, 3.05) is 0 Å². The summed E-state index contributed by atoms with van der Waals surface area (Å²) in [6.07, 6.45) is 5.45. The normalized spacial score (nSPS) is 24.3. The molecule has 0 heterocycles. The van der Waals surface area contributed by atoms with Gasteiger partial charge in [-0.05, 0) is 36.8 Å². The number of benzene rings is 1. The van der Waals surface area contributed by atoms with Crippen LogP contribution in [-0.4, -0.2) is 16.3 Å². The molecule has 1 fully saturated rings. The number of rotatable bonds is 5. The minimum Gasteiger partial charge on any atom is -0.481 e. The Labute approximate surface area is 126 Å². The number of thioether (sulfide) groups is 1. The summed E-state index contributed by atoms with van der Waals surface area (Å²) in [5.74, 6) is 0.735. The van der Waals surface area contributed by atoms with Crippen LogP contribution in [0.2, 0.25) is 0 Å². The minimum atomic E-state index is -0.761. The van der Waals surface area contributed by atoms with E-state index in [1.807, 2.05) is 12.1 Å². The summed E-state index contributed by atoms with van der Waals surface area (Å²) in [5, 5.41) is 9.80. The molecule has 0 radical (unpaired) electrons. The second kappa shape index (κ2) is 7.16. The van der Waals surface area contributed by atoms with Gasteiger partial charge in [0, 0.05) is 11.0 Å². The molecule has 0 aromatic heterocycles. The summed E-state index contributed by atoms with van der Waals surface area (Å²) in [4.78, 5) is 10.9. The first kappa shape index (κ1) is 15.4. The molecular weight excluding hydrogens is 268 g/mol. The van der Waals surface area contributed by atoms with Crippen LogP contribution in [-0.2, 0) is 10.5 Å². The van der Waals surface area contributed by atoms with E-state index in [4.69, 9.17) is 5.11 Å². The Morgan fingerprint density at radius 3 is 2.65 bits per heavy atom. The smallest absolute Gasteiger partial charge is 0.310 e. The molecular formula is C17H24O2S. The molecule has 1 N–H and O–H groups in total. The van der Waals surface area contributed by atoms with Crippen molar-refractivity contribution < 1.29 is 9.90 Å². The van der Waals surface area contributed by atoms with Gasteiger partial charge >= 0.3 is 5.97 Å². The monoisotopic (exact) mass is 292 g/mol. The van der Waals surface area contributed by atoms with Crippen molar-refractivity contribution in [3.05, 3.63) is 35.4 Å². The van der Waals surface area contributed by atoms with Crippen molar-refractivity contribution in [1.82, 2.24) is 0 Å². The highest BCUT2D eigenvalue weighted by Gasteiger charge is 2.19. The van der Waals surface area contributed by atoms with Crippen LogP contribution in [0, 0.1) is 5.92 Å². The second-order valence-electron chi connectivity index (χ2n) is 6.01. The van der Waals surface area contributed by atoms with E-state index in [0.717, 1.165) is 22.5 Å². The number of carboxylic acids is 1. The molecule has 1 aromatic carbocycles. The lowest BCUT2D eigenvalue weighted by molar-refractivity contribution is -0.138. The third kappa shape index (κ3) is 4.27. The van der Waals surface area contributed by atoms with E-state index in [0.29, 0.717) is 0 Å². The van der Waals surface area contributed by atoms with Gasteiger partial charge in [-0.1, -0.05) is 44.0 Å². The van der Waals surface area contributed by atoms with Gasteiger partial charge in [-0.3, -0.25) is 4.79 Å². The summed E-state index contributed by atoms with van der Waals surface area (Å²) >= 11 is 2.06. The molecule has 0 spiro atoms. The summed E-state index contributed by atoms with van der Waals surface area (Å²) in [5.41, 5.74) is 2.19. The van der Waals surface area contributed by atoms with Crippen LogP contribution < -0.4 is 0 Å². The first-order valence-corrected chi connectivity index (χ1v) is 8.54. The van der Waals surface area contributed by atoms with Gasteiger partial charge < -0.3 is 5.11 Å². The zero-order valence-electron chi connectivity index (χ0n) is 12.3. The highest BCUT2D eigenvalue weighted by atomic mass is 32.2. The van der Waals surface area contributed by atoms with Crippen molar-refractivity contribution in [1.29, 1.82) is 0 Å². The average Bonchev–Trinajstić information content (AvgIpc) is 2.45. The Bertz CT molecular complexity index is 441. The Hall–Kier alpha value is -0.960. The van der Waals surface area contributed by atoms with Crippen LogP contribution in [0.15, 0.2) is 24.3 Å². The highest BCUT2D eigenvalue weighted by Crippen LogP contribution is 2.33. The fourth-order valence-electron chi connectivity index (χ4n) is 2.79. The number of carboxylic acid groups (broad SMARTS) is 1. The van der Waals surface area contributed by atoms with Crippen LogP contribution >= 0.6 is 11.8 Å². The van der Waals surface area contributed by atoms with E-state index in [-0.39, 0.29) is 0 Å². The first-order valence-electron chi connectivity index (χ1n) is 7.49. The Balaban J connectivity index is 1.86. The molecule has 3 unspecified atom stereocenters. The maximum Gasteiger partial charge on any atom is 0.310 e. The highest BCUT2D eigenvalue weighted by molar-refractivity contribution is 7.99. The zero-order chi connectivity index (χ0) is 14.5. The first-order chi connectivity index (χ1) is 9.56. The molecule has 0 amide bonds. The fraction of sp³-hybridized carbons (Fsp3) is 0.588. The van der Waals surface area contributed by atoms with Crippen molar-refractivity contribution in [3.63, 3.8) is 0 Å². The molecule has 3 heteroatoms. The largest absolute Gasteiger partial charge is 0.481 e. The van der Waals surface area contributed by atoms with Crippen LogP contribution in [0.4, 0.5) is 0 Å². The predicted octanol–water partition coefficient (Wildman–Crippen LogP) is 4.69. The van der Waals surface area contributed by atoms with Crippen LogP contribution in [0.5, 0.6) is 0 Å². The molecule has 1 aromatic rings. The van der Waals surface area contributed by atoms with E-state index < -0.39 is 11.9 Å². The molecule has 20 heavy (non-hydrogen) atoms. The molecule has 2 rings (SSSR count). The number of hydrogen-bond donors (Lipinski definition) is 1. The summed E-state index contributed by atoms with van der Waals surface area (Å²) in [6, 6.07) is 8.07. The third-order valence-electron chi connectivity index (χ3n) is 4.22. The molecule has 0 aliphatic heterocycles. The Morgan fingerprint density at radius 1 is 1.35 bits per heavy atom. The van der Waals surface area contributed by atoms with E-state index in [1.54, 1.807) is 6.92 Å². The van der Waals surface area contributed by atoms with Crippen molar-refractivity contribution in [2.24, 2.45) is 5.92 Å². The van der Waals surface area contributed by atoms with Gasteiger partial charge in [-0.2, -0.15) is 11.8 Å². The van der Waals surface area contributed by atoms with E-state index in [1.165, 1.54) is 31.2 Å². The molecule has 110 valence electrons. The van der Waals surface area contributed by atoms with Gasteiger partial charge in [0.25, 0.3) is 0 Å². The van der Waals surface area contributed by atoms with Crippen LogP contribution in [0.1, 0.15) is 56.6 Å².